The monoisotopic (exact) mass is 432 g/mol. The quantitative estimate of drug-likeness (QED) is 0.319. The van der Waals surface area contributed by atoms with Crippen LogP contribution in [0.1, 0.15) is 22.8 Å². The number of amides is 1. The number of carbonyl (C=O) groups excluding carboxylic acids is 1. The SMILES string of the molecule is C=CCOc1ccc(C(=O)N/N=C/c2cc(Cl)ccc2OCC(=O)O)cc1OCC. The summed E-state index contributed by atoms with van der Waals surface area (Å²) in [5, 5.41) is 13.1. The van der Waals surface area contributed by atoms with E-state index in [1.807, 2.05) is 6.92 Å². The number of benzene rings is 2. The van der Waals surface area contributed by atoms with Crippen LogP contribution in [0, 0.1) is 0 Å². The van der Waals surface area contributed by atoms with Gasteiger partial charge in [-0.05, 0) is 43.3 Å². The molecule has 0 aliphatic rings. The first-order valence-corrected chi connectivity index (χ1v) is 9.30. The minimum absolute atomic E-state index is 0.266. The fourth-order valence-corrected chi connectivity index (χ4v) is 2.48. The Bertz CT molecular complexity index is 945. The third-order valence-corrected chi connectivity index (χ3v) is 3.79. The molecule has 0 aliphatic carbocycles. The molecule has 0 fully saturated rings. The van der Waals surface area contributed by atoms with Crippen LogP contribution in [0.15, 0.2) is 54.2 Å². The number of hydrazone groups is 1. The topological polar surface area (TPSA) is 106 Å². The van der Waals surface area contributed by atoms with Crippen molar-refractivity contribution in [3.05, 3.63) is 65.2 Å². The minimum atomic E-state index is -1.12. The van der Waals surface area contributed by atoms with E-state index in [1.54, 1.807) is 30.3 Å². The zero-order valence-electron chi connectivity index (χ0n) is 16.3. The van der Waals surface area contributed by atoms with E-state index in [-0.39, 0.29) is 5.75 Å². The van der Waals surface area contributed by atoms with Gasteiger partial charge < -0.3 is 19.3 Å². The molecule has 0 saturated heterocycles. The number of aliphatic carboxylic acids is 1. The summed E-state index contributed by atoms with van der Waals surface area (Å²) in [6.45, 7) is 5.61. The van der Waals surface area contributed by atoms with E-state index in [2.05, 4.69) is 17.1 Å². The first kappa shape index (κ1) is 22.8. The summed E-state index contributed by atoms with van der Waals surface area (Å²) >= 11 is 5.96. The Kier molecular flexibility index (Phi) is 8.71. The molecule has 158 valence electrons. The first-order valence-electron chi connectivity index (χ1n) is 8.92. The van der Waals surface area contributed by atoms with Crippen molar-refractivity contribution in [1.82, 2.24) is 5.43 Å². The number of carboxylic acids is 1. The van der Waals surface area contributed by atoms with Crippen molar-refractivity contribution < 1.29 is 28.9 Å². The molecule has 0 radical (unpaired) electrons. The van der Waals surface area contributed by atoms with Gasteiger partial charge in [0.1, 0.15) is 12.4 Å². The van der Waals surface area contributed by atoms with Crippen molar-refractivity contribution >= 4 is 29.7 Å². The van der Waals surface area contributed by atoms with Crippen LogP contribution in [0.25, 0.3) is 0 Å². The molecular formula is C21H21ClN2O6. The molecule has 0 atom stereocenters. The molecule has 1 amide bonds. The second-order valence-electron chi connectivity index (χ2n) is 5.76. The highest BCUT2D eigenvalue weighted by Crippen LogP contribution is 2.28. The van der Waals surface area contributed by atoms with E-state index in [0.29, 0.717) is 40.9 Å². The molecule has 0 bridgehead atoms. The van der Waals surface area contributed by atoms with Gasteiger partial charge in [0, 0.05) is 16.1 Å². The second kappa shape index (κ2) is 11.5. The molecule has 0 aliphatic heterocycles. The Balaban J connectivity index is 2.12. The van der Waals surface area contributed by atoms with Gasteiger partial charge in [-0.1, -0.05) is 24.3 Å². The molecule has 0 heterocycles. The van der Waals surface area contributed by atoms with Crippen molar-refractivity contribution in [2.24, 2.45) is 5.10 Å². The van der Waals surface area contributed by atoms with Gasteiger partial charge in [-0.2, -0.15) is 5.10 Å². The van der Waals surface area contributed by atoms with Gasteiger partial charge >= 0.3 is 5.97 Å². The van der Waals surface area contributed by atoms with Crippen molar-refractivity contribution in [2.75, 3.05) is 19.8 Å². The Morgan fingerprint density at radius 1 is 1.13 bits per heavy atom. The van der Waals surface area contributed by atoms with Crippen molar-refractivity contribution in [3.63, 3.8) is 0 Å². The molecule has 2 aromatic carbocycles. The maximum Gasteiger partial charge on any atom is 0.341 e. The molecule has 0 saturated carbocycles. The number of nitrogens with one attached hydrogen (secondary N) is 1. The van der Waals surface area contributed by atoms with Gasteiger partial charge in [-0.3, -0.25) is 4.79 Å². The lowest BCUT2D eigenvalue weighted by atomic mass is 10.2. The van der Waals surface area contributed by atoms with Crippen molar-refractivity contribution in [1.29, 1.82) is 0 Å². The Morgan fingerprint density at radius 2 is 1.90 bits per heavy atom. The summed E-state index contributed by atoms with van der Waals surface area (Å²) < 4.78 is 16.2. The lowest BCUT2D eigenvalue weighted by Gasteiger charge is -2.12. The zero-order valence-corrected chi connectivity index (χ0v) is 17.0. The van der Waals surface area contributed by atoms with Crippen LogP contribution in [0.2, 0.25) is 5.02 Å². The summed E-state index contributed by atoms with van der Waals surface area (Å²) in [6.07, 6.45) is 2.92. The highest BCUT2D eigenvalue weighted by Gasteiger charge is 2.11. The molecule has 2 aromatic rings. The largest absolute Gasteiger partial charge is 0.490 e. The van der Waals surface area contributed by atoms with Crippen LogP contribution in [0.4, 0.5) is 0 Å². The predicted molar refractivity (Wildman–Crippen MR) is 113 cm³/mol. The number of ether oxygens (including phenoxy) is 3. The summed E-state index contributed by atoms with van der Waals surface area (Å²) in [4.78, 5) is 23.1. The van der Waals surface area contributed by atoms with Crippen molar-refractivity contribution in [3.8, 4) is 17.2 Å². The molecular weight excluding hydrogens is 412 g/mol. The third kappa shape index (κ3) is 6.82. The van der Waals surface area contributed by atoms with Crippen LogP contribution in [-0.2, 0) is 4.79 Å². The van der Waals surface area contributed by atoms with E-state index in [4.69, 9.17) is 30.9 Å². The Hall–Kier alpha value is -3.52. The lowest BCUT2D eigenvalue weighted by molar-refractivity contribution is -0.139. The zero-order chi connectivity index (χ0) is 21.9. The molecule has 2 rings (SSSR count). The average Bonchev–Trinajstić information content (AvgIpc) is 2.72. The summed E-state index contributed by atoms with van der Waals surface area (Å²) in [6, 6.07) is 9.36. The fraction of sp³-hybridized carbons (Fsp3) is 0.190. The van der Waals surface area contributed by atoms with Gasteiger partial charge in [0.15, 0.2) is 18.1 Å². The molecule has 0 aromatic heterocycles. The fourth-order valence-electron chi connectivity index (χ4n) is 2.30. The molecule has 8 nitrogen and oxygen atoms in total. The van der Waals surface area contributed by atoms with Crippen LogP contribution in [0.3, 0.4) is 0 Å². The summed E-state index contributed by atoms with van der Waals surface area (Å²) in [7, 11) is 0. The highest BCUT2D eigenvalue weighted by molar-refractivity contribution is 6.30. The van der Waals surface area contributed by atoms with Gasteiger partial charge in [-0.15, -0.1) is 0 Å². The molecule has 0 spiro atoms. The number of halogens is 1. The molecule has 2 N–H and O–H groups in total. The number of nitrogens with zero attached hydrogens (tertiary/aromatic N) is 1. The van der Waals surface area contributed by atoms with Gasteiger partial charge in [0.05, 0.1) is 12.8 Å². The third-order valence-electron chi connectivity index (χ3n) is 3.56. The average molecular weight is 433 g/mol. The number of carbonyl (C=O) groups is 2. The maximum atomic E-state index is 12.4. The number of carboxylic acid groups (broad SMARTS) is 1. The van der Waals surface area contributed by atoms with Crippen LogP contribution >= 0.6 is 11.6 Å². The van der Waals surface area contributed by atoms with E-state index in [0.717, 1.165) is 0 Å². The van der Waals surface area contributed by atoms with E-state index >= 15 is 0 Å². The number of hydrogen-bond acceptors (Lipinski definition) is 6. The molecule has 9 heteroatoms. The smallest absolute Gasteiger partial charge is 0.341 e. The molecule has 0 unspecified atom stereocenters. The Morgan fingerprint density at radius 3 is 2.60 bits per heavy atom. The second-order valence-corrected chi connectivity index (χ2v) is 6.19. The van der Waals surface area contributed by atoms with Gasteiger partial charge in [0.25, 0.3) is 5.91 Å². The number of hydrogen-bond donors (Lipinski definition) is 2. The van der Waals surface area contributed by atoms with E-state index < -0.39 is 18.5 Å². The summed E-state index contributed by atoms with van der Waals surface area (Å²) in [5.41, 5.74) is 3.12. The Labute approximate surface area is 178 Å². The van der Waals surface area contributed by atoms with Crippen LogP contribution < -0.4 is 19.6 Å². The molecule has 30 heavy (non-hydrogen) atoms. The highest BCUT2D eigenvalue weighted by atomic mass is 35.5. The maximum absolute atomic E-state index is 12.4. The van der Waals surface area contributed by atoms with Gasteiger partial charge in [-0.25, -0.2) is 10.2 Å². The predicted octanol–water partition coefficient (Wildman–Crippen LogP) is 3.53. The van der Waals surface area contributed by atoms with Crippen molar-refractivity contribution in [2.45, 2.75) is 6.92 Å². The lowest BCUT2D eigenvalue weighted by Crippen LogP contribution is -2.18. The van der Waals surface area contributed by atoms with E-state index in [9.17, 15) is 9.59 Å². The minimum Gasteiger partial charge on any atom is -0.490 e. The van der Waals surface area contributed by atoms with E-state index in [1.165, 1.54) is 18.3 Å². The van der Waals surface area contributed by atoms with Gasteiger partial charge in [0.2, 0.25) is 0 Å². The van der Waals surface area contributed by atoms with Crippen LogP contribution in [-0.4, -0.2) is 43.0 Å². The van der Waals surface area contributed by atoms with Crippen LogP contribution in [0.5, 0.6) is 17.2 Å². The first-order chi connectivity index (χ1) is 14.4. The number of rotatable bonds is 11. The summed E-state index contributed by atoms with van der Waals surface area (Å²) in [5.74, 6) is -0.405. The standard InChI is InChI=1S/C21H21ClN2O6/c1-3-9-29-18-7-5-14(11-19(18)28-4-2)21(27)24-23-12-15-10-16(22)6-8-17(15)30-13-20(25)26/h3,5-8,10-12H,1,4,9,13H2,2H3,(H,24,27)(H,25,26)/b23-12+. The normalized spacial score (nSPS) is 10.5.